The summed E-state index contributed by atoms with van der Waals surface area (Å²) < 4.78 is 0. The number of piperazine rings is 1. The summed E-state index contributed by atoms with van der Waals surface area (Å²) in [6, 6.07) is 16.3. The summed E-state index contributed by atoms with van der Waals surface area (Å²) >= 11 is 0. The van der Waals surface area contributed by atoms with Crippen molar-refractivity contribution in [2.75, 3.05) is 52.9 Å². The van der Waals surface area contributed by atoms with Crippen LogP contribution in [0.3, 0.4) is 0 Å². The summed E-state index contributed by atoms with van der Waals surface area (Å²) in [5, 5.41) is 10.3. The molecule has 2 fully saturated rings. The molecule has 1 amide bonds. The van der Waals surface area contributed by atoms with Crippen LogP contribution in [0.2, 0.25) is 0 Å². The lowest BCUT2D eigenvalue weighted by atomic mass is 9.92. The number of aromatic hydroxyl groups is 1. The van der Waals surface area contributed by atoms with Crippen molar-refractivity contribution in [1.82, 2.24) is 19.6 Å². The molecule has 0 unspecified atom stereocenters. The van der Waals surface area contributed by atoms with Gasteiger partial charge in [0.15, 0.2) is 0 Å². The van der Waals surface area contributed by atoms with Crippen molar-refractivity contribution in [3.63, 3.8) is 0 Å². The van der Waals surface area contributed by atoms with Crippen LogP contribution in [0.1, 0.15) is 47.8 Å². The van der Waals surface area contributed by atoms with Crippen molar-refractivity contribution in [1.29, 1.82) is 0 Å². The molecule has 0 spiro atoms. The molecule has 3 atom stereocenters. The lowest BCUT2D eigenvalue weighted by molar-refractivity contribution is 0.0306. The second kappa shape index (κ2) is 11.4. The molecule has 4 rings (SSSR count). The Labute approximate surface area is 210 Å². The lowest BCUT2D eigenvalue weighted by Crippen LogP contribution is -2.57. The molecular weight excluding hydrogens is 436 g/mol. The van der Waals surface area contributed by atoms with E-state index in [1.54, 1.807) is 6.07 Å². The third kappa shape index (κ3) is 5.95. The maximum absolute atomic E-state index is 13.5. The first kappa shape index (κ1) is 25.4. The molecule has 6 nitrogen and oxygen atoms in total. The van der Waals surface area contributed by atoms with Crippen molar-refractivity contribution < 1.29 is 9.90 Å². The highest BCUT2D eigenvalue weighted by molar-refractivity contribution is 5.94. The van der Waals surface area contributed by atoms with Crippen molar-refractivity contribution in [2.45, 2.75) is 38.4 Å². The van der Waals surface area contributed by atoms with E-state index in [0.717, 1.165) is 68.9 Å². The van der Waals surface area contributed by atoms with E-state index in [9.17, 15) is 9.90 Å². The maximum atomic E-state index is 13.5. The Morgan fingerprint density at radius 3 is 2.51 bits per heavy atom. The van der Waals surface area contributed by atoms with Gasteiger partial charge < -0.3 is 14.9 Å². The lowest BCUT2D eigenvalue weighted by Gasteiger charge is -2.47. The molecule has 2 aromatic carbocycles. The molecule has 2 heterocycles. The van der Waals surface area contributed by atoms with Gasteiger partial charge in [-0.25, -0.2) is 0 Å². The Balaban J connectivity index is 1.67. The quantitative estimate of drug-likeness (QED) is 0.642. The van der Waals surface area contributed by atoms with Gasteiger partial charge in [0.25, 0.3) is 5.91 Å². The summed E-state index contributed by atoms with van der Waals surface area (Å²) in [5.41, 5.74) is 2.87. The van der Waals surface area contributed by atoms with Crippen molar-refractivity contribution in [3.05, 3.63) is 77.9 Å². The predicted octanol–water partition coefficient (Wildman–Crippen LogP) is 3.84. The minimum Gasteiger partial charge on any atom is -0.508 e. The van der Waals surface area contributed by atoms with Gasteiger partial charge in [-0.3, -0.25) is 14.6 Å². The van der Waals surface area contributed by atoms with Crippen molar-refractivity contribution in [2.24, 2.45) is 0 Å². The summed E-state index contributed by atoms with van der Waals surface area (Å²) in [4.78, 5) is 22.7. The first-order valence-electron chi connectivity index (χ1n) is 12.8. The van der Waals surface area contributed by atoms with E-state index in [4.69, 9.17) is 0 Å². The normalized spacial score (nSPS) is 23.6. The van der Waals surface area contributed by atoms with Crippen molar-refractivity contribution >= 4 is 5.91 Å². The van der Waals surface area contributed by atoms with E-state index in [2.05, 4.69) is 60.4 Å². The van der Waals surface area contributed by atoms with Crippen LogP contribution in [0, 0.1) is 0 Å². The second-order valence-electron chi connectivity index (χ2n) is 10.2. The molecule has 188 valence electrons. The third-order valence-electron chi connectivity index (χ3n) is 7.50. The monoisotopic (exact) mass is 476 g/mol. The Bertz CT molecular complexity index is 1030. The number of carbonyl (C=O) groups is 1. The highest BCUT2D eigenvalue weighted by atomic mass is 16.3. The van der Waals surface area contributed by atoms with Crippen LogP contribution in [0.25, 0.3) is 0 Å². The minimum absolute atomic E-state index is 0.0477. The molecule has 0 bridgehead atoms. The molecular formula is C29H40N4O2. The summed E-state index contributed by atoms with van der Waals surface area (Å²) in [7, 11) is 2.12. The number of hydrogen-bond acceptors (Lipinski definition) is 5. The van der Waals surface area contributed by atoms with E-state index in [1.807, 2.05) is 35.2 Å². The Morgan fingerprint density at radius 1 is 1.03 bits per heavy atom. The van der Waals surface area contributed by atoms with Crippen LogP contribution in [0.5, 0.6) is 5.75 Å². The van der Waals surface area contributed by atoms with Gasteiger partial charge in [0.1, 0.15) is 5.75 Å². The number of likely N-dealkylation sites (N-methyl/N-ethyl adjacent to an activating group) is 1. The van der Waals surface area contributed by atoms with Crippen LogP contribution in [0.15, 0.2) is 61.2 Å². The standard InChI is InChI=1S/C29H40N4O2/c1-5-13-32-20-23(3)33(21-22(32)2)28(25-10-7-12-27(34)19-25)24-9-6-11-26(18-24)29(35)31-15-8-14-30(4)16-17-31/h5-7,9-12,18-19,22-23,28,34H,1,8,13-17,20-21H2,2-4H3/t22-,23+,28-/m1/s1. The number of nitrogens with zero attached hydrogens (tertiary/aromatic N) is 4. The number of phenolic OH excluding ortho intramolecular Hbond substituents is 1. The zero-order chi connectivity index (χ0) is 24.9. The summed E-state index contributed by atoms with van der Waals surface area (Å²) in [5.74, 6) is 0.369. The summed E-state index contributed by atoms with van der Waals surface area (Å²) in [6.45, 7) is 14.7. The molecule has 35 heavy (non-hydrogen) atoms. The van der Waals surface area contributed by atoms with Crippen LogP contribution < -0.4 is 0 Å². The fraction of sp³-hybridized carbons (Fsp3) is 0.483. The first-order valence-corrected chi connectivity index (χ1v) is 12.8. The molecule has 2 aromatic rings. The molecule has 2 aliphatic heterocycles. The topological polar surface area (TPSA) is 50.3 Å². The molecule has 0 aromatic heterocycles. The second-order valence-corrected chi connectivity index (χ2v) is 10.2. The van der Waals surface area contributed by atoms with E-state index < -0.39 is 0 Å². The fourth-order valence-electron chi connectivity index (χ4n) is 5.55. The molecule has 2 aliphatic rings. The average molecular weight is 477 g/mol. The molecule has 2 saturated heterocycles. The highest BCUT2D eigenvalue weighted by Gasteiger charge is 2.35. The fourth-order valence-corrected chi connectivity index (χ4v) is 5.55. The Kier molecular flexibility index (Phi) is 8.26. The molecule has 0 radical (unpaired) electrons. The molecule has 0 aliphatic carbocycles. The van der Waals surface area contributed by atoms with Gasteiger partial charge in [-0.05, 0) is 69.3 Å². The molecule has 1 N–H and O–H groups in total. The molecule has 6 heteroatoms. The number of hydrogen-bond donors (Lipinski definition) is 1. The third-order valence-corrected chi connectivity index (χ3v) is 7.50. The van der Waals surface area contributed by atoms with Gasteiger partial charge >= 0.3 is 0 Å². The van der Waals surface area contributed by atoms with Gasteiger partial charge in [0.2, 0.25) is 0 Å². The predicted molar refractivity (Wildman–Crippen MR) is 142 cm³/mol. The van der Waals surface area contributed by atoms with Gasteiger partial charge in [0.05, 0.1) is 6.04 Å². The zero-order valence-electron chi connectivity index (χ0n) is 21.4. The zero-order valence-corrected chi connectivity index (χ0v) is 21.4. The Morgan fingerprint density at radius 2 is 1.77 bits per heavy atom. The van der Waals surface area contributed by atoms with Gasteiger partial charge in [0, 0.05) is 56.9 Å². The Hall–Kier alpha value is -2.67. The number of phenols is 1. The van der Waals surface area contributed by atoms with Crippen LogP contribution in [-0.2, 0) is 0 Å². The van der Waals surface area contributed by atoms with Gasteiger partial charge in [-0.1, -0.05) is 30.3 Å². The maximum Gasteiger partial charge on any atom is 0.253 e. The smallest absolute Gasteiger partial charge is 0.253 e. The van der Waals surface area contributed by atoms with E-state index in [0.29, 0.717) is 12.1 Å². The van der Waals surface area contributed by atoms with Crippen LogP contribution in [0.4, 0.5) is 0 Å². The van der Waals surface area contributed by atoms with Crippen molar-refractivity contribution in [3.8, 4) is 5.75 Å². The number of rotatable bonds is 6. The summed E-state index contributed by atoms with van der Waals surface area (Å²) in [6.07, 6.45) is 2.97. The SMILES string of the molecule is C=CCN1C[C@H](C)N([C@@H](c2cccc(O)c2)c2cccc(C(=O)N3CCCN(C)CC3)c2)C[C@H]1C. The number of carbonyl (C=O) groups excluding carboxylic acids is 1. The van der Waals surface area contributed by atoms with E-state index in [1.165, 1.54) is 0 Å². The minimum atomic E-state index is -0.0477. The average Bonchev–Trinajstić information content (AvgIpc) is 3.06. The van der Waals surface area contributed by atoms with Crippen LogP contribution >= 0.6 is 0 Å². The highest BCUT2D eigenvalue weighted by Crippen LogP contribution is 2.35. The number of amides is 1. The number of benzene rings is 2. The van der Waals surface area contributed by atoms with Gasteiger partial charge in [-0.2, -0.15) is 0 Å². The first-order chi connectivity index (χ1) is 16.9. The van der Waals surface area contributed by atoms with E-state index in [-0.39, 0.29) is 17.7 Å². The van der Waals surface area contributed by atoms with Crippen LogP contribution in [-0.4, -0.2) is 95.6 Å². The van der Waals surface area contributed by atoms with E-state index >= 15 is 0 Å². The largest absolute Gasteiger partial charge is 0.508 e. The van der Waals surface area contributed by atoms with Gasteiger partial charge in [-0.15, -0.1) is 6.58 Å². The molecule has 0 saturated carbocycles.